The molecule has 0 saturated heterocycles. The van der Waals surface area contributed by atoms with Gasteiger partial charge in [0.25, 0.3) is 5.69 Å². The first-order valence-corrected chi connectivity index (χ1v) is 9.11. The number of nitro groups is 1. The average Bonchev–Trinajstić information content (AvgIpc) is 3.01. The predicted octanol–water partition coefficient (Wildman–Crippen LogP) is 4.04. The van der Waals surface area contributed by atoms with Crippen molar-refractivity contribution in [3.8, 4) is 0 Å². The van der Waals surface area contributed by atoms with Crippen LogP contribution in [0, 0.1) is 10.1 Å². The first-order valence-electron chi connectivity index (χ1n) is 8.73. The summed E-state index contributed by atoms with van der Waals surface area (Å²) in [7, 11) is 2.01. The third-order valence-electron chi connectivity index (χ3n) is 5.04. The highest BCUT2D eigenvalue weighted by Gasteiger charge is 2.46. The predicted molar refractivity (Wildman–Crippen MR) is 106 cm³/mol. The molecule has 2 aliphatic rings. The summed E-state index contributed by atoms with van der Waals surface area (Å²) in [6, 6.07) is 12.3. The fourth-order valence-corrected chi connectivity index (χ4v) is 4.00. The number of ether oxygens (including phenoxy) is 1. The van der Waals surface area contributed by atoms with E-state index in [2.05, 4.69) is 10.2 Å². The Morgan fingerprint density at radius 2 is 2.04 bits per heavy atom. The molecule has 2 aromatic carbocycles. The van der Waals surface area contributed by atoms with Gasteiger partial charge in [-0.2, -0.15) is 0 Å². The number of non-ortho nitro benzene ring substituents is 1. The Kier molecular flexibility index (Phi) is 4.39. The largest absolute Gasteiger partial charge is 0.481 e. The van der Waals surface area contributed by atoms with Gasteiger partial charge in [0.05, 0.1) is 34.9 Å². The van der Waals surface area contributed by atoms with Gasteiger partial charge in [-0.3, -0.25) is 10.1 Å². The van der Waals surface area contributed by atoms with Crippen LogP contribution >= 0.6 is 11.6 Å². The number of hydrogen-bond acceptors (Lipinski definition) is 6. The van der Waals surface area contributed by atoms with E-state index in [4.69, 9.17) is 21.3 Å². The third-order valence-corrected chi connectivity index (χ3v) is 5.28. The molecule has 0 spiro atoms. The number of likely N-dealkylation sites (N-methyl/N-ethyl adjacent to an activating group) is 1. The topological polar surface area (TPSA) is 80.0 Å². The SMILES string of the molecule is CCOC1=NC2Nc3ccc(Cl)cc3N(C)C2C1c1ccc([N+](=O)[O-])cc1. The van der Waals surface area contributed by atoms with E-state index in [1.807, 2.05) is 32.2 Å². The normalized spacial score (nSPS) is 23.1. The zero-order chi connectivity index (χ0) is 19.1. The summed E-state index contributed by atoms with van der Waals surface area (Å²) in [5, 5.41) is 15.1. The maximum atomic E-state index is 11.0. The Balaban J connectivity index is 1.75. The minimum atomic E-state index is -0.398. The molecule has 140 valence electrons. The first kappa shape index (κ1) is 17.6. The van der Waals surface area contributed by atoms with Gasteiger partial charge < -0.3 is 15.0 Å². The number of aliphatic imine (C=N–C) groups is 1. The first-order chi connectivity index (χ1) is 13.0. The van der Waals surface area contributed by atoms with Gasteiger partial charge in [0, 0.05) is 24.2 Å². The second-order valence-electron chi connectivity index (χ2n) is 6.58. The van der Waals surface area contributed by atoms with Crippen molar-refractivity contribution in [2.24, 2.45) is 4.99 Å². The summed E-state index contributed by atoms with van der Waals surface area (Å²) < 4.78 is 5.83. The Morgan fingerprint density at radius 1 is 1.30 bits per heavy atom. The molecule has 2 aliphatic heterocycles. The molecule has 8 heteroatoms. The number of nitrogens with zero attached hydrogens (tertiary/aromatic N) is 3. The lowest BCUT2D eigenvalue weighted by molar-refractivity contribution is -0.384. The van der Waals surface area contributed by atoms with Crippen LogP contribution in [0.3, 0.4) is 0 Å². The molecule has 0 aliphatic carbocycles. The smallest absolute Gasteiger partial charge is 0.269 e. The summed E-state index contributed by atoms with van der Waals surface area (Å²) in [5.74, 6) is 0.500. The van der Waals surface area contributed by atoms with Crippen LogP contribution in [0.25, 0.3) is 0 Å². The molecule has 1 N–H and O–H groups in total. The molecular formula is C19H19ClN4O3. The molecular weight excluding hydrogens is 368 g/mol. The Morgan fingerprint density at radius 3 is 2.70 bits per heavy atom. The second-order valence-corrected chi connectivity index (χ2v) is 7.02. The van der Waals surface area contributed by atoms with E-state index in [0.717, 1.165) is 16.9 Å². The lowest BCUT2D eigenvalue weighted by atomic mass is 9.89. The average molecular weight is 387 g/mol. The van der Waals surface area contributed by atoms with E-state index < -0.39 is 4.92 Å². The van der Waals surface area contributed by atoms with E-state index >= 15 is 0 Å². The molecule has 4 rings (SSSR count). The summed E-state index contributed by atoms with van der Waals surface area (Å²) in [4.78, 5) is 17.5. The van der Waals surface area contributed by atoms with Crippen molar-refractivity contribution in [3.63, 3.8) is 0 Å². The number of fused-ring (bicyclic) bond motifs is 2. The van der Waals surface area contributed by atoms with Crippen LogP contribution in [-0.4, -0.2) is 36.7 Å². The highest BCUT2D eigenvalue weighted by atomic mass is 35.5. The van der Waals surface area contributed by atoms with Gasteiger partial charge in [0.1, 0.15) is 6.17 Å². The van der Waals surface area contributed by atoms with E-state index in [1.54, 1.807) is 12.1 Å². The van der Waals surface area contributed by atoms with Crippen LogP contribution < -0.4 is 10.2 Å². The quantitative estimate of drug-likeness (QED) is 0.636. The Labute approximate surface area is 161 Å². The maximum Gasteiger partial charge on any atom is 0.269 e. The van der Waals surface area contributed by atoms with E-state index in [0.29, 0.717) is 17.5 Å². The van der Waals surface area contributed by atoms with E-state index in [9.17, 15) is 10.1 Å². The van der Waals surface area contributed by atoms with E-state index in [-0.39, 0.29) is 23.8 Å². The number of anilines is 2. The van der Waals surface area contributed by atoms with Gasteiger partial charge in [-0.15, -0.1) is 0 Å². The molecule has 0 bridgehead atoms. The van der Waals surface area contributed by atoms with Crippen LogP contribution in [0.4, 0.5) is 17.1 Å². The molecule has 0 amide bonds. The number of halogens is 1. The van der Waals surface area contributed by atoms with Gasteiger partial charge >= 0.3 is 0 Å². The highest BCUT2D eigenvalue weighted by molar-refractivity contribution is 6.31. The summed E-state index contributed by atoms with van der Waals surface area (Å²) >= 11 is 6.19. The molecule has 0 radical (unpaired) electrons. The lowest BCUT2D eigenvalue weighted by Crippen LogP contribution is -2.49. The molecule has 7 nitrogen and oxygen atoms in total. The molecule has 3 unspecified atom stereocenters. The second kappa shape index (κ2) is 6.74. The van der Waals surface area contributed by atoms with Crippen molar-refractivity contribution < 1.29 is 9.66 Å². The maximum absolute atomic E-state index is 11.0. The zero-order valence-corrected chi connectivity index (χ0v) is 15.7. The Bertz CT molecular complexity index is 916. The van der Waals surface area contributed by atoms with Crippen molar-refractivity contribution in [2.45, 2.75) is 25.0 Å². The van der Waals surface area contributed by atoms with Crippen molar-refractivity contribution >= 4 is 34.6 Å². The molecule has 0 saturated carbocycles. The lowest BCUT2D eigenvalue weighted by Gasteiger charge is -2.40. The minimum absolute atomic E-state index is 0.0287. The van der Waals surface area contributed by atoms with Crippen LogP contribution in [0.1, 0.15) is 18.4 Å². The van der Waals surface area contributed by atoms with Crippen molar-refractivity contribution in [2.75, 3.05) is 23.9 Å². The van der Waals surface area contributed by atoms with Crippen LogP contribution in [0.2, 0.25) is 5.02 Å². The van der Waals surface area contributed by atoms with Gasteiger partial charge in [-0.1, -0.05) is 23.7 Å². The number of benzene rings is 2. The Hall–Kier alpha value is -2.80. The summed E-state index contributed by atoms with van der Waals surface area (Å²) in [6.07, 6.45) is -0.176. The van der Waals surface area contributed by atoms with Crippen LogP contribution in [0.15, 0.2) is 47.5 Å². The van der Waals surface area contributed by atoms with Crippen molar-refractivity contribution in [1.29, 1.82) is 0 Å². The van der Waals surface area contributed by atoms with Crippen molar-refractivity contribution in [1.82, 2.24) is 0 Å². The summed E-state index contributed by atoms with van der Waals surface area (Å²) in [5.41, 5.74) is 2.95. The molecule has 2 aromatic rings. The van der Waals surface area contributed by atoms with Crippen LogP contribution in [-0.2, 0) is 4.74 Å². The molecule has 3 atom stereocenters. The van der Waals surface area contributed by atoms with Gasteiger partial charge in [-0.05, 0) is 30.7 Å². The number of nitrogens with one attached hydrogen (secondary N) is 1. The molecule has 0 aromatic heterocycles. The molecule has 2 heterocycles. The minimum Gasteiger partial charge on any atom is -0.481 e. The number of hydrogen-bond donors (Lipinski definition) is 1. The third kappa shape index (κ3) is 2.98. The molecule has 0 fully saturated rings. The van der Waals surface area contributed by atoms with Gasteiger partial charge in [0.15, 0.2) is 5.90 Å². The molecule has 27 heavy (non-hydrogen) atoms. The monoisotopic (exact) mass is 386 g/mol. The van der Waals surface area contributed by atoms with E-state index in [1.165, 1.54) is 12.1 Å². The zero-order valence-electron chi connectivity index (χ0n) is 14.9. The standard InChI is InChI=1S/C19H19ClN4O3/c1-3-27-19-16(11-4-7-13(8-5-11)24(25)26)17-18(22-19)21-14-9-6-12(20)10-15(14)23(17)2/h4-10,16-18,21H,3H2,1-2H3. The van der Waals surface area contributed by atoms with Gasteiger partial charge in [0.2, 0.25) is 0 Å². The number of nitro benzene ring substituents is 1. The fraction of sp³-hybridized carbons (Fsp3) is 0.316. The highest BCUT2D eigenvalue weighted by Crippen LogP contribution is 2.43. The van der Waals surface area contributed by atoms with Crippen molar-refractivity contribution in [3.05, 3.63) is 63.2 Å². The van der Waals surface area contributed by atoms with Crippen LogP contribution in [0.5, 0.6) is 0 Å². The summed E-state index contributed by atoms with van der Waals surface area (Å²) in [6.45, 7) is 2.42. The van der Waals surface area contributed by atoms with Gasteiger partial charge in [-0.25, -0.2) is 4.99 Å². The fourth-order valence-electron chi connectivity index (χ4n) is 3.83. The number of rotatable bonds is 3.